The molecular formula is C22H16N4O3S2. The first-order valence-electron chi connectivity index (χ1n) is 9.36. The lowest BCUT2D eigenvalue weighted by atomic mass is 10.1. The highest BCUT2D eigenvalue weighted by Gasteiger charge is 2.30. The Labute approximate surface area is 185 Å². The zero-order valence-corrected chi connectivity index (χ0v) is 18.2. The number of hydrazine groups is 1. The summed E-state index contributed by atoms with van der Waals surface area (Å²) in [5.41, 5.74) is 5.19. The number of anilines is 1. The van der Waals surface area contributed by atoms with Gasteiger partial charge in [-0.15, -0.1) is 22.7 Å². The molecule has 1 aliphatic heterocycles. The molecule has 0 saturated carbocycles. The largest absolute Gasteiger partial charge is 0.497 e. The molecule has 1 aliphatic rings. The van der Waals surface area contributed by atoms with Crippen molar-refractivity contribution in [3.8, 4) is 27.6 Å². The van der Waals surface area contributed by atoms with Crippen molar-refractivity contribution in [3.05, 3.63) is 58.8 Å². The summed E-state index contributed by atoms with van der Waals surface area (Å²) in [7, 11) is 1.62. The number of nitrogens with one attached hydrogen (secondary N) is 1. The summed E-state index contributed by atoms with van der Waals surface area (Å²) in [5.74, 6) is 0.888. The maximum Gasteiger partial charge on any atom is 0.275 e. The lowest BCUT2D eigenvalue weighted by Gasteiger charge is -2.18. The third kappa shape index (κ3) is 3.37. The smallest absolute Gasteiger partial charge is 0.275 e. The molecule has 1 N–H and O–H groups in total. The number of nitrogens with zero attached hydrogens (tertiary/aromatic N) is 3. The summed E-state index contributed by atoms with van der Waals surface area (Å²) in [5, 5.41) is 5.70. The lowest BCUT2D eigenvalue weighted by molar-refractivity contribution is -0.135. The fourth-order valence-corrected chi connectivity index (χ4v) is 4.93. The van der Waals surface area contributed by atoms with Crippen molar-refractivity contribution in [3.63, 3.8) is 0 Å². The summed E-state index contributed by atoms with van der Waals surface area (Å²) in [6.45, 7) is 1.61. The van der Waals surface area contributed by atoms with E-state index < -0.39 is 11.8 Å². The van der Waals surface area contributed by atoms with Gasteiger partial charge in [0.15, 0.2) is 11.6 Å². The molecule has 9 heteroatoms. The van der Waals surface area contributed by atoms with E-state index in [0.717, 1.165) is 37.0 Å². The molecule has 0 spiro atoms. The van der Waals surface area contributed by atoms with E-state index in [1.807, 2.05) is 47.2 Å². The van der Waals surface area contributed by atoms with Crippen molar-refractivity contribution in [2.45, 2.75) is 6.92 Å². The number of ether oxygens (including phenoxy) is 1. The number of amides is 2. The van der Waals surface area contributed by atoms with Gasteiger partial charge in [0, 0.05) is 22.6 Å². The van der Waals surface area contributed by atoms with E-state index in [4.69, 9.17) is 14.7 Å². The Kier molecular flexibility index (Phi) is 4.76. The molecule has 0 saturated heterocycles. The average Bonchev–Trinajstić information content (AvgIpc) is 3.51. The second-order valence-electron chi connectivity index (χ2n) is 6.85. The Bertz CT molecular complexity index is 1340. The Morgan fingerprint density at radius 2 is 1.87 bits per heavy atom. The zero-order chi connectivity index (χ0) is 21.5. The molecule has 4 heterocycles. The highest BCUT2D eigenvalue weighted by atomic mass is 32.1. The highest BCUT2D eigenvalue weighted by molar-refractivity contribution is 7.17. The van der Waals surface area contributed by atoms with Crippen LogP contribution in [-0.2, 0) is 9.59 Å². The van der Waals surface area contributed by atoms with Crippen LogP contribution in [0.5, 0.6) is 5.75 Å². The van der Waals surface area contributed by atoms with Crippen LogP contribution in [0.15, 0.2) is 58.8 Å². The number of imide groups is 1. The fourth-order valence-electron chi connectivity index (χ4n) is 3.32. The molecule has 1 aromatic carbocycles. The van der Waals surface area contributed by atoms with E-state index in [9.17, 15) is 9.59 Å². The van der Waals surface area contributed by atoms with Crippen molar-refractivity contribution >= 4 is 50.5 Å². The van der Waals surface area contributed by atoms with Crippen LogP contribution in [0.1, 0.15) is 6.92 Å². The topological polar surface area (TPSA) is 84.4 Å². The molecule has 4 aromatic rings. The first-order valence-corrected chi connectivity index (χ1v) is 11.1. The molecule has 0 radical (unpaired) electrons. The van der Waals surface area contributed by atoms with Crippen molar-refractivity contribution in [1.29, 1.82) is 0 Å². The quantitative estimate of drug-likeness (QED) is 0.444. The van der Waals surface area contributed by atoms with E-state index in [1.54, 1.807) is 14.0 Å². The molecular weight excluding hydrogens is 432 g/mol. The minimum Gasteiger partial charge on any atom is -0.497 e. The fraction of sp³-hybridized carbons (Fsp3) is 0.0909. The molecule has 0 bridgehead atoms. The molecule has 0 unspecified atom stereocenters. The molecule has 5 rings (SSSR count). The SMILES string of the molecule is COc1ccc(-c2csc3nc(-c4cccs4)nc(NN4C(=O)C=C(C)C4=O)c23)cc1. The maximum atomic E-state index is 12.5. The van der Waals surface area contributed by atoms with Crippen molar-refractivity contribution < 1.29 is 14.3 Å². The minimum absolute atomic E-state index is 0.377. The predicted octanol–water partition coefficient (Wildman–Crippen LogP) is 4.74. The van der Waals surface area contributed by atoms with Gasteiger partial charge in [0.05, 0.1) is 17.4 Å². The Morgan fingerprint density at radius 3 is 2.52 bits per heavy atom. The first kappa shape index (κ1) is 19.4. The molecule has 0 fully saturated rings. The summed E-state index contributed by atoms with van der Waals surface area (Å²) in [6, 6.07) is 11.5. The van der Waals surface area contributed by atoms with Gasteiger partial charge in [-0.05, 0) is 36.1 Å². The van der Waals surface area contributed by atoms with Crippen LogP contribution in [0.25, 0.3) is 32.0 Å². The number of hydrogen-bond donors (Lipinski definition) is 1. The maximum absolute atomic E-state index is 12.5. The second-order valence-corrected chi connectivity index (χ2v) is 8.65. The number of carbonyl (C=O) groups excluding carboxylic acids is 2. The van der Waals surface area contributed by atoms with Gasteiger partial charge in [0.1, 0.15) is 10.6 Å². The molecule has 31 heavy (non-hydrogen) atoms. The highest BCUT2D eigenvalue weighted by Crippen LogP contribution is 2.39. The van der Waals surface area contributed by atoms with Crippen LogP contribution in [-0.4, -0.2) is 33.9 Å². The van der Waals surface area contributed by atoms with E-state index in [1.165, 1.54) is 28.7 Å². The van der Waals surface area contributed by atoms with Crippen LogP contribution < -0.4 is 10.2 Å². The number of aromatic nitrogens is 2. The Morgan fingerprint density at radius 1 is 1.06 bits per heavy atom. The van der Waals surface area contributed by atoms with E-state index >= 15 is 0 Å². The number of hydrogen-bond acceptors (Lipinski definition) is 8. The van der Waals surface area contributed by atoms with Crippen molar-refractivity contribution in [2.75, 3.05) is 12.5 Å². The zero-order valence-electron chi connectivity index (χ0n) is 16.6. The van der Waals surface area contributed by atoms with E-state index in [0.29, 0.717) is 17.2 Å². The van der Waals surface area contributed by atoms with Gasteiger partial charge in [-0.3, -0.25) is 15.0 Å². The number of thiophene rings is 2. The lowest BCUT2D eigenvalue weighted by Crippen LogP contribution is -2.36. The summed E-state index contributed by atoms with van der Waals surface area (Å²) in [6.07, 6.45) is 1.31. The number of methoxy groups -OCH3 is 1. The monoisotopic (exact) mass is 448 g/mol. The summed E-state index contributed by atoms with van der Waals surface area (Å²) in [4.78, 5) is 35.9. The van der Waals surface area contributed by atoms with Crippen molar-refractivity contribution in [2.24, 2.45) is 0 Å². The van der Waals surface area contributed by atoms with Crippen LogP contribution in [0.2, 0.25) is 0 Å². The van der Waals surface area contributed by atoms with Gasteiger partial charge in [-0.25, -0.2) is 9.97 Å². The van der Waals surface area contributed by atoms with Crippen LogP contribution in [0.3, 0.4) is 0 Å². The van der Waals surface area contributed by atoms with Crippen LogP contribution in [0.4, 0.5) is 5.82 Å². The molecule has 7 nitrogen and oxygen atoms in total. The third-order valence-electron chi connectivity index (χ3n) is 4.89. The van der Waals surface area contributed by atoms with Gasteiger partial charge < -0.3 is 4.74 Å². The first-order chi connectivity index (χ1) is 15.0. The molecule has 3 aromatic heterocycles. The Hall–Kier alpha value is -3.56. The summed E-state index contributed by atoms with van der Waals surface area (Å²) < 4.78 is 5.26. The van der Waals surface area contributed by atoms with Crippen molar-refractivity contribution in [1.82, 2.24) is 15.0 Å². The van der Waals surface area contributed by atoms with E-state index in [2.05, 4.69) is 5.43 Å². The second kappa shape index (κ2) is 7.60. The standard InChI is InChI=1S/C22H16N4O3S2/c1-12-10-17(27)26(22(12)28)25-20-18-15(13-5-7-14(29-2)8-6-13)11-31-21(18)24-19(23-20)16-4-3-9-30-16/h3-11H,1-2H3,(H,23,24,25). The molecule has 0 aliphatic carbocycles. The van der Waals surface area contributed by atoms with Gasteiger partial charge in [0.2, 0.25) is 0 Å². The molecule has 2 amide bonds. The molecule has 0 atom stereocenters. The number of rotatable bonds is 5. The van der Waals surface area contributed by atoms with Gasteiger partial charge >= 0.3 is 0 Å². The summed E-state index contributed by atoms with van der Waals surface area (Å²) >= 11 is 3.01. The molecule has 154 valence electrons. The number of benzene rings is 1. The van der Waals surface area contributed by atoms with Crippen LogP contribution >= 0.6 is 22.7 Å². The van der Waals surface area contributed by atoms with Gasteiger partial charge in [0.25, 0.3) is 11.8 Å². The van der Waals surface area contributed by atoms with Crippen LogP contribution in [0, 0.1) is 0 Å². The number of fused-ring (bicyclic) bond motifs is 1. The number of carbonyl (C=O) groups is 2. The normalized spacial score (nSPS) is 13.7. The average molecular weight is 449 g/mol. The van der Waals surface area contributed by atoms with E-state index in [-0.39, 0.29) is 0 Å². The Balaban J connectivity index is 1.67. The van der Waals surface area contributed by atoms with Gasteiger partial charge in [-0.2, -0.15) is 5.01 Å². The predicted molar refractivity (Wildman–Crippen MR) is 122 cm³/mol. The minimum atomic E-state index is -0.423. The van der Waals surface area contributed by atoms with Gasteiger partial charge in [-0.1, -0.05) is 18.2 Å². The third-order valence-corrected chi connectivity index (χ3v) is 6.63.